The average Bonchev–Trinajstić information content (AvgIpc) is 2.33. The maximum atomic E-state index is 11.9. The van der Waals surface area contributed by atoms with Crippen LogP contribution in [-0.4, -0.2) is 10.8 Å². The zero-order chi connectivity index (χ0) is 12.7. The van der Waals surface area contributed by atoms with Crippen LogP contribution in [0.2, 0.25) is 0 Å². The SMILES string of the molecule is CCCCC(=O)c1ccc(CCCC)[nH]c1=S. The molecular formula is C14H21NOS. The number of carbonyl (C=O) groups is 1. The Morgan fingerprint density at radius 3 is 2.53 bits per heavy atom. The monoisotopic (exact) mass is 251 g/mol. The maximum absolute atomic E-state index is 11.9. The van der Waals surface area contributed by atoms with Gasteiger partial charge in [0.15, 0.2) is 5.78 Å². The second-order valence-corrected chi connectivity index (χ2v) is 4.76. The molecule has 0 saturated heterocycles. The molecule has 0 aliphatic rings. The van der Waals surface area contributed by atoms with E-state index in [0.29, 0.717) is 16.6 Å². The molecule has 94 valence electrons. The molecule has 1 heterocycles. The lowest BCUT2D eigenvalue weighted by Gasteiger charge is -2.04. The standard InChI is InChI=1S/C14H21NOS/c1-3-5-7-11-9-10-12(14(17)15-11)13(16)8-6-4-2/h9-10H,3-8H2,1-2H3,(H,15,17). The highest BCUT2D eigenvalue weighted by atomic mass is 32.1. The van der Waals surface area contributed by atoms with Crippen molar-refractivity contribution in [1.82, 2.24) is 4.98 Å². The molecule has 0 atom stereocenters. The van der Waals surface area contributed by atoms with Crippen LogP contribution in [0.25, 0.3) is 0 Å². The highest BCUT2D eigenvalue weighted by Crippen LogP contribution is 2.10. The van der Waals surface area contributed by atoms with E-state index in [0.717, 1.165) is 37.8 Å². The number of aromatic nitrogens is 1. The summed E-state index contributed by atoms with van der Waals surface area (Å²) in [5, 5.41) is 0. The van der Waals surface area contributed by atoms with Gasteiger partial charge in [-0.3, -0.25) is 4.79 Å². The first-order valence-corrected chi connectivity index (χ1v) is 6.85. The molecule has 1 aromatic rings. The summed E-state index contributed by atoms with van der Waals surface area (Å²) in [5.74, 6) is 0.162. The Morgan fingerprint density at radius 1 is 1.24 bits per heavy atom. The number of unbranched alkanes of at least 4 members (excludes halogenated alkanes) is 2. The summed E-state index contributed by atoms with van der Waals surface area (Å²) in [4.78, 5) is 15.0. The number of hydrogen-bond donors (Lipinski definition) is 1. The minimum Gasteiger partial charge on any atom is -0.349 e. The quantitative estimate of drug-likeness (QED) is 0.573. The van der Waals surface area contributed by atoms with Crippen LogP contribution >= 0.6 is 12.2 Å². The third kappa shape index (κ3) is 4.43. The fourth-order valence-electron chi connectivity index (χ4n) is 1.72. The largest absolute Gasteiger partial charge is 0.349 e. The Morgan fingerprint density at radius 2 is 1.94 bits per heavy atom. The number of ketones is 1. The number of pyridine rings is 1. The van der Waals surface area contributed by atoms with Crippen molar-refractivity contribution in [2.45, 2.75) is 52.4 Å². The number of carbonyl (C=O) groups excluding carboxylic acids is 1. The second-order valence-electron chi connectivity index (χ2n) is 4.36. The first-order valence-electron chi connectivity index (χ1n) is 6.44. The van der Waals surface area contributed by atoms with Crippen LogP contribution in [0.4, 0.5) is 0 Å². The van der Waals surface area contributed by atoms with E-state index in [1.807, 2.05) is 12.1 Å². The van der Waals surface area contributed by atoms with Crippen LogP contribution in [0, 0.1) is 4.64 Å². The van der Waals surface area contributed by atoms with Crippen LogP contribution in [0.5, 0.6) is 0 Å². The summed E-state index contributed by atoms with van der Waals surface area (Å²) in [5.41, 5.74) is 1.80. The predicted molar refractivity (Wildman–Crippen MR) is 74.1 cm³/mol. The Labute approximate surface area is 108 Å². The van der Waals surface area contributed by atoms with Crippen molar-refractivity contribution in [3.05, 3.63) is 28.0 Å². The van der Waals surface area contributed by atoms with E-state index in [1.165, 1.54) is 0 Å². The van der Waals surface area contributed by atoms with E-state index in [9.17, 15) is 4.79 Å². The van der Waals surface area contributed by atoms with Gasteiger partial charge >= 0.3 is 0 Å². The molecule has 0 saturated carbocycles. The molecule has 17 heavy (non-hydrogen) atoms. The van der Waals surface area contributed by atoms with Crippen LogP contribution in [0.1, 0.15) is 62.0 Å². The highest BCUT2D eigenvalue weighted by Gasteiger charge is 2.07. The molecule has 1 N–H and O–H groups in total. The van der Waals surface area contributed by atoms with Gasteiger partial charge in [-0.1, -0.05) is 38.9 Å². The molecule has 0 aliphatic heterocycles. The van der Waals surface area contributed by atoms with Crippen molar-refractivity contribution >= 4 is 18.0 Å². The van der Waals surface area contributed by atoms with Crippen molar-refractivity contribution in [3.63, 3.8) is 0 Å². The number of Topliss-reactive ketones (excluding diaryl/α,β-unsaturated/α-hetero) is 1. The number of aromatic amines is 1. The molecule has 1 rings (SSSR count). The predicted octanol–water partition coefficient (Wildman–Crippen LogP) is 4.46. The molecule has 0 bridgehead atoms. The van der Waals surface area contributed by atoms with E-state index >= 15 is 0 Å². The topological polar surface area (TPSA) is 32.9 Å². The molecule has 2 nitrogen and oxygen atoms in total. The summed E-state index contributed by atoms with van der Waals surface area (Å²) in [6.07, 6.45) is 5.89. The first kappa shape index (κ1) is 14.1. The second kappa shape index (κ2) is 7.38. The minimum absolute atomic E-state index is 0.162. The van der Waals surface area contributed by atoms with E-state index in [4.69, 9.17) is 12.2 Å². The van der Waals surface area contributed by atoms with Crippen LogP contribution in [0.15, 0.2) is 12.1 Å². The fraction of sp³-hybridized carbons (Fsp3) is 0.571. The van der Waals surface area contributed by atoms with E-state index in [2.05, 4.69) is 18.8 Å². The van der Waals surface area contributed by atoms with Gasteiger partial charge in [0.2, 0.25) is 0 Å². The summed E-state index contributed by atoms with van der Waals surface area (Å²) in [6, 6.07) is 3.87. The molecule has 1 aromatic heterocycles. The molecule has 0 amide bonds. The fourth-order valence-corrected chi connectivity index (χ4v) is 2.03. The summed E-state index contributed by atoms with van der Waals surface area (Å²) >= 11 is 5.24. The van der Waals surface area contributed by atoms with Gasteiger partial charge in [-0.15, -0.1) is 0 Å². The first-order chi connectivity index (χ1) is 8.19. The summed E-state index contributed by atoms with van der Waals surface area (Å²) < 4.78 is 0.597. The molecular weight excluding hydrogens is 230 g/mol. The molecule has 0 radical (unpaired) electrons. The van der Waals surface area contributed by atoms with E-state index < -0.39 is 0 Å². The summed E-state index contributed by atoms with van der Waals surface area (Å²) in [6.45, 7) is 4.25. The summed E-state index contributed by atoms with van der Waals surface area (Å²) in [7, 11) is 0. The smallest absolute Gasteiger partial charge is 0.165 e. The van der Waals surface area contributed by atoms with Crippen LogP contribution in [-0.2, 0) is 6.42 Å². The van der Waals surface area contributed by atoms with Crippen molar-refractivity contribution in [2.24, 2.45) is 0 Å². The van der Waals surface area contributed by atoms with Crippen molar-refractivity contribution in [1.29, 1.82) is 0 Å². The number of H-pyrrole nitrogens is 1. The lowest BCUT2D eigenvalue weighted by atomic mass is 10.1. The van der Waals surface area contributed by atoms with Gasteiger partial charge in [0, 0.05) is 12.1 Å². The number of hydrogen-bond acceptors (Lipinski definition) is 2. The van der Waals surface area contributed by atoms with Gasteiger partial charge in [0.1, 0.15) is 4.64 Å². The van der Waals surface area contributed by atoms with Crippen molar-refractivity contribution in [3.8, 4) is 0 Å². The third-order valence-corrected chi connectivity index (χ3v) is 3.15. The van der Waals surface area contributed by atoms with Crippen LogP contribution < -0.4 is 0 Å². The van der Waals surface area contributed by atoms with E-state index in [1.54, 1.807) is 0 Å². The zero-order valence-electron chi connectivity index (χ0n) is 10.7. The number of aryl methyl sites for hydroxylation is 1. The van der Waals surface area contributed by atoms with Gasteiger partial charge < -0.3 is 4.98 Å². The highest BCUT2D eigenvalue weighted by molar-refractivity contribution is 7.71. The van der Waals surface area contributed by atoms with Gasteiger partial charge in [-0.05, 0) is 31.4 Å². The molecule has 3 heteroatoms. The van der Waals surface area contributed by atoms with Crippen LogP contribution in [0.3, 0.4) is 0 Å². The van der Waals surface area contributed by atoms with Crippen molar-refractivity contribution in [2.75, 3.05) is 0 Å². The van der Waals surface area contributed by atoms with Crippen molar-refractivity contribution < 1.29 is 4.79 Å². The van der Waals surface area contributed by atoms with Gasteiger partial charge in [-0.25, -0.2) is 0 Å². The molecule has 0 unspecified atom stereocenters. The Balaban J connectivity index is 2.75. The van der Waals surface area contributed by atoms with Gasteiger partial charge in [0.05, 0.1) is 5.56 Å². The zero-order valence-corrected chi connectivity index (χ0v) is 11.5. The average molecular weight is 251 g/mol. The van der Waals surface area contributed by atoms with E-state index in [-0.39, 0.29) is 5.78 Å². The number of nitrogens with one attached hydrogen (secondary N) is 1. The minimum atomic E-state index is 0.162. The molecule has 0 fully saturated rings. The maximum Gasteiger partial charge on any atom is 0.165 e. The normalized spacial score (nSPS) is 10.5. The third-order valence-electron chi connectivity index (χ3n) is 2.83. The van der Waals surface area contributed by atoms with Gasteiger partial charge in [-0.2, -0.15) is 0 Å². The Kier molecular flexibility index (Phi) is 6.12. The lowest BCUT2D eigenvalue weighted by molar-refractivity contribution is 0.0979. The Bertz CT molecular complexity index is 422. The lowest BCUT2D eigenvalue weighted by Crippen LogP contribution is -2.02. The Hall–Kier alpha value is -0.960. The molecule has 0 aliphatic carbocycles. The molecule has 0 aromatic carbocycles. The molecule has 0 spiro atoms. The van der Waals surface area contributed by atoms with Gasteiger partial charge in [0.25, 0.3) is 0 Å². The number of rotatable bonds is 7.